The van der Waals surface area contributed by atoms with Gasteiger partial charge in [-0.3, -0.25) is 24.0 Å². The number of carbonyl (C=O) groups excluding carboxylic acids is 5. The monoisotopic (exact) mass is 1060 g/mol. The number of Topliss-reactive ketones (excluding diaryl/α,β-unsaturated/α-hetero) is 3. The Kier molecular flexibility index (Phi) is 19.9. The van der Waals surface area contributed by atoms with Gasteiger partial charge < -0.3 is 33.7 Å². The number of carbonyl (C=O) groups is 5. The fourth-order valence-electron chi connectivity index (χ4n) is 13.2. The molecule has 1 aliphatic carbocycles. The Balaban J connectivity index is 1.23. The number of hydroxylamine groups is 1. The maximum absolute atomic E-state index is 14.6. The first-order chi connectivity index (χ1) is 34.8. The van der Waals surface area contributed by atoms with Gasteiger partial charge in [0.15, 0.2) is 5.78 Å². The number of aliphatic hydroxyl groups excluding tert-OH is 1. The molecule has 18 atom stereocenters. The number of esters is 1. The highest BCUT2D eigenvalue weighted by molar-refractivity contribution is 6.39. The number of halogens is 2. The zero-order chi connectivity index (χ0) is 53.0. The molecule has 1 aromatic rings. The van der Waals surface area contributed by atoms with E-state index in [0.29, 0.717) is 86.4 Å². The lowest BCUT2D eigenvalue weighted by molar-refractivity contribution is -0.187. The van der Waals surface area contributed by atoms with E-state index < -0.39 is 72.2 Å². The lowest BCUT2D eigenvalue weighted by Gasteiger charge is -2.50. The van der Waals surface area contributed by atoms with E-state index >= 15 is 0 Å². The van der Waals surface area contributed by atoms with Crippen molar-refractivity contribution >= 4 is 58.1 Å². The topological polar surface area (TPSA) is 167 Å². The normalized spacial score (nSPS) is 40.5. The van der Waals surface area contributed by atoms with Gasteiger partial charge in [-0.15, -0.1) is 0 Å². The Hall–Kier alpha value is -3.21. The van der Waals surface area contributed by atoms with Crippen LogP contribution in [0.15, 0.2) is 41.5 Å². The highest BCUT2D eigenvalue weighted by Gasteiger charge is 2.54. The van der Waals surface area contributed by atoms with E-state index in [2.05, 4.69) is 13.0 Å². The summed E-state index contributed by atoms with van der Waals surface area (Å²) in [6, 6.07) is 4.18. The molecule has 9 aliphatic rings. The van der Waals surface area contributed by atoms with Gasteiger partial charge in [0.1, 0.15) is 41.9 Å². The van der Waals surface area contributed by atoms with Gasteiger partial charge in [0.25, 0.3) is 5.91 Å². The number of methoxy groups -OCH3 is 3. The van der Waals surface area contributed by atoms with Gasteiger partial charge in [-0.05, 0) is 126 Å². The van der Waals surface area contributed by atoms with E-state index in [-0.39, 0.29) is 78.3 Å². The van der Waals surface area contributed by atoms with Gasteiger partial charge in [-0.2, -0.15) is 0 Å². The van der Waals surface area contributed by atoms with Gasteiger partial charge in [0.05, 0.1) is 40.5 Å². The third-order valence-corrected chi connectivity index (χ3v) is 18.3. The number of ketones is 3. The van der Waals surface area contributed by atoms with Crippen LogP contribution in [0.4, 0.5) is 5.69 Å². The number of aliphatic hydroxyl groups is 1. The third-order valence-electron chi connectivity index (χ3n) is 17.7. The molecule has 16 heteroatoms. The Morgan fingerprint density at radius 1 is 0.795 bits per heavy atom. The molecule has 5 fully saturated rings. The molecule has 8 bridgehead atoms. The largest absolute Gasteiger partial charge is 0.460 e. The van der Waals surface area contributed by atoms with Crippen LogP contribution < -0.4 is 5.06 Å². The molecule has 4 saturated heterocycles. The van der Waals surface area contributed by atoms with Crippen LogP contribution in [-0.2, 0) is 52.5 Å². The van der Waals surface area contributed by atoms with Crippen molar-refractivity contribution in [3.63, 3.8) is 0 Å². The smallest absolute Gasteiger partial charge is 0.329 e. The molecule has 8 aliphatic heterocycles. The quantitative estimate of drug-likeness (QED) is 0.163. The Morgan fingerprint density at radius 3 is 2.21 bits per heavy atom. The van der Waals surface area contributed by atoms with Crippen molar-refractivity contribution < 1.29 is 57.6 Å². The van der Waals surface area contributed by atoms with E-state index in [1.807, 2.05) is 52.7 Å². The maximum Gasteiger partial charge on any atom is 0.329 e. The van der Waals surface area contributed by atoms with E-state index in [1.165, 1.54) is 4.90 Å². The second-order valence-corrected chi connectivity index (χ2v) is 23.4. The van der Waals surface area contributed by atoms with Crippen molar-refractivity contribution in [3.8, 4) is 0 Å². The van der Waals surface area contributed by atoms with Gasteiger partial charge >= 0.3 is 5.97 Å². The molecule has 9 unspecified atom stereocenters. The molecule has 73 heavy (non-hydrogen) atoms. The highest BCUT2D eigenvalue weighted by Crippen LogP contribution is 2.46. The van der Waals surface area contributed by atoms with Gasteiger partial charge in [-0.25, -0.2) is 9.86 Å². The number of hydrogen-bond donors (Lipinski definition) is 1. The van der Waals surface area contributed by atoms with Crippen molar-refractivity contribution in [3.05, 3.63) is 51.5 Å². The van der Waals surface area contributed by atoms with Crippen LogP contribution in [0.5, 0.6) is 0 Å². The molecular weight excluding hydrogens is 976 g/mol. The molecule has 406 valence electrons. The van der Waals surface area contributed by atoms with Crippen molar-refractivity contribution in [1.29, 1.82) is 0 Å². The van der Waals surface area contributed by atoms with Gasteiger partial charge in [0, 0.05) is 64.4 Å². The Morgan fingerprint density at radius 2 is 1.52 bits per heavy atom. The first-order valence-corrected chi connectivity index (χ1v) is 27.8. The average Bonchev–Trinajstić information content (AvgIpc) is 3.36. The fourth-order valence-corrected chi connectivity index (χ4v) is 13.8. The number of piperidine rings is 1. The minimum absolute atomic E-state index is 0.0373. The second kappa shape index (κ2) is 25.3. The summed E-state index contributed by atoms with van der Waals surface area (Å²) in [7, 11) is 4.79. The first-order valence-electron chi connectivity index (χ1n) is 27.1. The first kappa shape index (κ1) is 57.5. The molecule has 14 nitrogen and oxygen atoms in total. The number of amides is 1. The molecule has 8 heterocycles. The van der Waals surface area contributed by atoms with Crippen LogP contribution in [0.25, 0.3) is 0 Å². The number of nitrogens with zero attached hydrogens (tertiary/aromatic N) is 2. The van der Waals surface area contributed by atoms with Crippen LogP contribution in [-0.4, -0.2) is 128 Å². The number of anilines is 1. The molecule has 1 N–H and O–H groups in total. The molecule has 1 aromatic carbocycles. The third kappa shape index (κ3) is 13.0. The van der Waals surface area contributed by atoms with E-state index in [4.69, 9.17) is 51.7 Å². The molecule has 0 aromatic heterocycles. The standard InChI is InChI=1S/C57H82Cl2N2O12/c1-30-16-18-38-28-47(68-8)34(5)25-39-19-20-44(61(73-39)51-42(58)14-11-15-43(51)59)32(3)24-35(6)52(64)55(70-10)36(7)31(2)23-33(4)46(63)29-48-41(26-37-17-21-45(62)49(27-37)69-9)40-13-12-22-60(50(40)57(67)72-48)56(66)53(65)54(30)71-38/h11,14-15,23,25,30,32-33,35-41,44-45,47-50,54-55,62H,12-13,16-22,24,26-29H2,1-10H3/b31-23+,34-25+/t30?,32-,33+,35?,36?,37-,38-,39?,40?,41-,44?,45?,47-,48-,49+,50?,54?,55+/m0/s1. The van der Waals surface area contributed by atoms with Gasteiger partial charge in [-0.1, -0.05) is 81.6 Å². The zero-order valence-electron chi connectivity index (χ0n) is 44.8. The Bertz CT molecular complexity index is 2180. The number of para-hydroxylation sites is 1. The van der Waals surface area contributed by atoms with E-state index in [9.17, 15) is 29.1 Å². The second-order valence-electron chi connectivity index (χ2n) is 22.6. The molecule has 0 spiro atoms. The van der Waals surface area contributed by atoms with Crippen molar-refractivity contribution in [2.24, 2.45) is 47.3 Å². The van der Waals surface area contributed by atoms with Crippen molar-refractivity contribution in [2.45, 2.75) is 193 Å². The summed E-state index contributed by atoms with van der Waals surface area (Å²) in [4.78, 5) is 80.7. The molecule has 10 rings (SSSR count). The molecule has 1 saturated carbocycles. The van der Waals surface area contributed by atoms with Gasteiger partial charge in [0.2, 0.25) is 5.78 Å². The number of benzene rings is 1. The van der Waals surface area contributed by atoms with Crippen molar-refractivity contribution in [2.75, 3.05) is 32.9 Å². The number of ether oxygens (including phenoxy) is 5. The van der Waals surface area contributed by atoms with E-state index in [0.717, 1.165) is 17.6 Å². The number of rotatable bonds is 6. The minimum Gasteiger partial charge on any atom is -0.460 e. The van der Waals surface area contributed by atoms with Crippen molar-refractivity contribution in [1.82, 2.24) is 4.90 Å². The summed E-state index contributed by atoms with van der Waals surface area (Å²) in [6.45, 7) is 13.9. The molecule has 0 radical (unpaired) electrons. The summed E-state index contributed by atoms with van der Waals surface area (Å²) >= 11 is 13.8. The number of hydrogen-bond acceptors (Lipinski definition) is 13. The summed E-state index contributed by atoms with van der Waals surface area (Å²) < 4.78 is 30.7. The predicted molar refractivity (Wildman–Crippen MR) is 279 cm³/mol. The van der Waals surface area contributed by atoms with E-state index in [1.54, 1.807) is 39.5 Å². The SMILES string of the molecule is CO[C@H]1C[C@@H]2CCC(C)C(O2)C(=O)C(=O)N2CCCC3C2C(=O)O[C@@H](CC(=O)[C@H](C)/C=C(\C)C(C)[C@@H](OC)C(=O)C(C)C[C@H](C)C2CCC(/C=C/1C)ON2c1c(Cl)cccc1Cl)[C@H]3C[C@@H]1CCC(O)[C@H](OC)C1. The highest BCUT2D eigenvalue weighted by atomic mass is 35.5. The molecule has 1 amide bonds. The zero-order valence-corrected chi connectivity index (χ0v) is 46.3. The summed E-state index contributed by atoms with van der Waals surface area (Å²) in [5.74, 6) is -4.37. The average molecular weight is 1060 g/mol. The fraction of sp³-hybridized carbons (Fsp3) is 0.737. The lowest BCUT2D eigenvalue weighted by Crippen LogP contribution is -2.63. The Labute approximate surface area is 443 Å². The number of allylic oxidation sites excluding steroid dienone is 1. The summed E-state index contributed by atoms with van der Waals surface area (Å²) in [5.41, 5.74) is 2.30. The van der Waals surface area contributed by atoms with Crippen LogP contribution in [0, 0.1) is 47.3 Å². The van der Waals surface area contributed by atoms with Crippen LogP contribution in [0.1, 0.15) is 132 Å². The summed E-state index contributed by atoms with van der Waals surface area (Å²) in [5, 5.41) is 13.4. The molecular formula is C57H82Cl2N2O12. The summed E-state index contributed by atoms with van der Waals surface area (Å²) in [6.07, 6.45) is 6.61. The van der Waals surface area contributed by atoms with Crippen LogP contribution in [0.3, 0.4) is 0 Å². The predicted octanol–water partition coefficient (Wildman–Crippen LogP) is 9.52. The van der Waals surface area contributed by atoms with Crippen LogP contribution in [0.2, 0.25) is 10.0 Å². The maximum atomic E-state index is 14.6. The lowest BCUT2D eigenvalue weighted by atomic mass is 9.68. The van der Waals surface area contributed by atoms with Crippen LogP contribution >= 0.6 is 23.2 Å². The minimum atomic E-state index is -1.02.